The Morgan fingerprint density at radius 2 is 1.78 bits per heavy atom. The molecule has 0 unspecified atom stereocenters. The van der Waals surface area contributed by atoms with Crippen LogP contribution in [0.1, 0.15) is 29.6 Å². The number of tetrazole rings is 1. The molecule has 8 heteroatoms. The van der Waals surface area contributed by atoms with Crippen molar-refractivity contribution in [3.05, 3.63) is 29.8 Å². The fourth-order valence-corrected chi connectivity index (χ4v) is 2.68. The number of benzene rings is 1. The monoisotopic (exact) mass is 314 g/mol. The van der Waals surface area contributed by atoms with Crippen LogP contribution in [0.25, 0.3) is 11.4 Å². The fourth-order valence-electron chi connectivity index (χ4n) is 2.68. The molecule has 0 radical (unpaired) electrons. The van der Waals surface area contributed by atoms with Crippen LogP contribution in [0.3, 0.4) is 0 Å². The molecule has 0 saturated carbocycles. The van der Waals surface area contributed by atoms with Gasteiger partial charge in [0.25, 0.3) is 5.91 Å². The lowest BCUT2D eigenvalue weighted by Gasteiger charge is -2.26. The Morgan fingerprint density at radius 1 is 1.09 bits per heavy atom. The summed E-state index contributed by atoms with van der Waals surface area (Å²) >= 11 is 0. The van der Waals surface area contributed by atoms with E-state index in [1.807, 2.05) is 4.90 Å². The van der Waals surface area contributed by atoms with Gasteiger partial charge in [0.2, 0.25) is 0 Å². The molecule has 1 fully saturated rings. The van der Waals surface area contributed by atoms with Crippen molar-refractivity contribution in [1.29, 1.82) is 0 Å². The standard InChI is InChI=1S/C15H17N5O3/c21-13(22)10-20-14(16-17-18-20)11-4-6-12(7-5-11)15(23)19-8-2-1-3-9-19/h4-7H,1-3,8-10H2,(H,21,22)/p-1. The highest BCUT2D eigenvalue weighted by Gasteiger charge is 2.18. The predicted octanol–water partition coefficient (Wildman–Crippen LogP) is -0.284. The quantitative estimate of drug-likeness (QED) is 0.768. The van der Waals surface area contributed by atoms with Gasteiger partial charge >= 0.3 is 0 Å². The molecule has 0 N–H and O–H groups in total. The number of aromatic nitrogens is 4. The van der Waals surface area contributed by atoms with Gasteiger partial charge in [0.15, 0.2) is 5.82 Å². The Bertz CT molecular complexity index is 704. The Balaban J connectivity index is 1.78. The van der Waals surface area contributed by atoms with E-state index in [0.717, 1.165) is 30.6 Å². The van der Waals surface area contributed by atoms with Crippen molar-refractivity contribution in [1.82, 2.24) is 25.1 Å². The number of aliphatic carboxylic acids is 1. The molecule has 2 heterocycles. The van der Waals surface area contributed by atoms with Gasteiger partial charge in [0, 0.05) is 24.2 Å². The first kappa shape index (κ1) is 15.1. The molecule has 1 amide bonds. The zero-order chi connectivity index (χ0) is 16.2. The maximum atomic E-state index is 12.4. The first-order valence-corrected chi connectivity index (χ1v) is 7.51. The summed E-state index contributed by atoms with van der Waals surface area (Å²) in [4.78, 5) is 25.0. The summed E-state index contributed by atoms with van der Waals surface area (Å²) in [5.74, 6) is -0.924. The second-order valence-corrected chi connectivity index (χ2v) is 5.46. The maximum absolute atomic E-state index is 12.4. The molecule has 8 nitrogen and oxygen atoms in total. The van der Waals surface area contributed by atoms with Gasteiger partial charge in [-0.25, -0.2) is 4.68 Å². The number of carboxylic acid groups (broad SMARTS) is 1. The van der Waals surface area contributed by atoms with Crippen molar-refractivity contribution in [3.63, 3.8) is 0 Å². The van der Waals surface area contributed by atoms with Crippen LogP contribution in [0.2, 0.25) is 0 Å². The second-order valence-electron chi connectivity index (χ2n) is 5.46. The molecule has 3 rings (SSSR count). The predicted molar refractivity (Wildman–Crippen MR) is 78.0 cm³/mol. The minimum Gasteiger partial charge on any atom is -0.548 e. The molecule has 2 aromatic rings. The van der Waals surface area contributed by atoms with Crippen molar-refractivity contribution in [3.8, 4) is 11.4 Å². The largest absolute Gasteiger partial charge is 0.548 e. The van der Waals surface area contributed by atoms with Crippen LogP contribution in [-0.2, 0) is 11.3 Å². The van der Waals surface area contributed by atoms with Crippen LogP contribution in [0, 0.1) is 0 Å². The summed E-state index contributed by atoms with van der Waals surface area (Å²) in [5.41, 5.74) is 1.25. The highest BCUT2D eigenvalue weighted by molar-refractivity contribution is 5.94. The van der Waals surface area contributed by atoms with Gasteiger partial charge in [-0.1, -0.05) is 12.1 Å². The molecule has 1 saturated heterocycles. The van der Waals surface area contributed by atoms with E-state index in [4.69, 9.17) is 0 Å². The minimum absolute atomic E-state index is 0.0191. The van der Waals surface area contributed by atoms with Gasteiger partial charge in [0.05, 0.1) is 12.5 Å². The third-order valence-corrected chi connectivity index (χ3v) is 3.84. The van der Waals surface area contributed by atoms with Gasteiger partial charge in [-0.05, 0) is 41.8 Å². The van der Waals surface area contributed by atoms with E-state index in [0.29, 0.717) is 17.0 Å². The highest BCUT2D eigenvalue weighted by Crippen LogP contribution is 2.18. The molecule has 1 aromatic carbocycles. The van der Waals surface area contributed by atoms with E-state index in [9.17, 15) is 14.7 Å². The van der Waals surface area contributed by atoms with E-state index < -0.39 is 12.5 Å². The van der Waals surface area contributed by atoms with Crippen molar-refractivity contribution < 1.29 is 14.7 Å². The minimum atomic E-state index is -1.27. The molecule has 1 aromatic heterocycles. The Morgan fingerprint density at radius 3 is 2.43 bits per heavy atom. The lowest BCUT2D eigenvalue weighted by Crippen LogP contribution is -2.35. The Hall–Kier alpha value is -2.77. The number of carbonyl (C=O) groups excluding carboxylic acids is 2. The lowest BCUT2D eigenvalue weighted by atomic mass is 10.1. The van der Waals surface area contributed by atoms with Gasteiger partial charge < -0.3 is 14.8 Å². The normalized spacial score (nSPS) is 14.7. The molecular formula is C15H16N5O3-. The zero-order valence-electron chi connectivity index (χ0n) is 12.5. The number of hydrogen-bond acceptors (Lipinski definition) is 6. The van der Waals surface area contributed by atoms with Gasteiger partial charge in [0.1, 0.15) is 0 Å². The van der Waals surface area contributed by atoms with E-state index in [1.54, 1.807) is 24.3 Å². The molecule has 0 atom stereocenters. The average molecular weight is 314 g/mol. The molecule has 23 heavy (non-hydrogen) atoms. The molecular weight excluding hydrogens is 298 g/mol. The number of piperidine rings is 1. The van der Waals surface area contributed by atoms with Gasteiger partial charge in [-0.15, -0.1) is 5.10 Å². The van der Waals surface area contributed by atoms with Gasteiger partial charge in [-0.3, -0.25) is 4.79 Å². The number of rotatable bonds is 4. The SMILES string of the molecule is O=C([O-])Cn1nnnc1-c1ccc(C(=O)N2CCCCC2)cc1. The van der Waals surface area contributed by atoms with E-state index in [2.05, 4.69) is 15.5 Å². The van der Waals surface area contributed by atoms with E-state index in [-0.39, 0.29) is 5.91 Å². The van der Waals surface area contributed by atoms with Gasteiger partial charge in [-0.2, -0.15) is 0 Å². The number of hydrogen-bond donors (Lipinski definition) is 0. The first-order chi connectivity index (χ1) is 11.1. The van der Waals surface area contributed by atoms with Crippen LogP contribution in [-0.4, -0.2) is 50.1 Å². The van der Waals surface area contributed by atoms with E-state index in [1.165, 1.54) is 6.42 Å². The number of amides is 1. The first-order valence-electron chi connectivity index (χ1n) is 7.51. The molecule has 1 aliphatic heterocycles. The summed E-state index contributed by atoms with van der Waals surface area (Å²) in [6.07, 6.45) is 3.26. The van der Waals surface area contributed by atoms with Crippen molar-refractivity contribution in [2.75, 3.05) is 13.1 Å². The summed E-state index contributed by atoms with van der Waals surface area (Å²) < 4.78 is 1.15. The second kappa shape index (κ2) is 6.55. The van der Waals surface area contributed by atoms with Crippen LogP contribution in [0.4, 0.5) is 0 Å². The zero-order valence-corrected chi connectivity index (χ0v) is 12.5. The van der Waals surface area contributed by atoms with Crippen molar-refractivity contribution >= 4 is 11.9 Å². The third kappa shape index (κ3) is 3.36. The molecule has 0 bridgehead atoms. The highest BCUT2D eigenvalue weighted by atomic mass is 16.4. The Kier molecular flexibility index (Phi) is 4.31. The summed E-state index contributed by atoms with van der Waals surface area (Å²) in [7, 11) is 0. The van der Waals surface area contributed by atoms with Crippen molar-refractivity contribution in [2.24, 2.45) is 0 Å². The smallest absolute Gasteiger partial charge is 0.253 e. The average Bonchev–Trinajstić information content (AvgIpc) is 3.02. The molecule has 0 spiro atoms. The van der Waals surface area contributed by atoms with Crippen LogP contribution >= 0.6 is 0 Å². The molecule has 0 aliphatic carbocycles. The number of nitrogens with zero attached hydrogens (tertiary/aromatic N) is 5. The Labute approximate surface area is 132 Å². The molecule has 120 valence electrons. The lowest BCUT2D eigenvalue weighted by molar-refractivity contribution is -0.306. The van der Waals surface area contributed by atoms with Crippen LogP contribution in [0.5, 0.6) is 0 Å². The van der Waals surface area contributed by atoms with E-state index >= 15 is 0 Å². The summed E-state index contributed by atoms with van der Waals surface area (Å²) in [6, 6.07) is 6.86. The van der Waals surface area contributed by atoms with Crippen LogP contribution in [0.15, 0.2) is 24.3 Å². The third-order valence-electron chi connectivity index (χ3n) is 3.84. The topological polar surface area (TPSA) is 104 Å². The number of carboxylic acids is 1. The maximum Gasteiger partial charge on any atom is 0.253 e. The van der Waals surface area contributed by atoms with Crippen molar-refractivity contribution in [2.45, 2.75) is 25.8 Å². The molecule has 1 aliphatic rings. The number of carbonyl (C=O) groups is 2. The number of likely N-dealkylation sites (tertiary alicyclic amines) is 1. The van der Waals surface area contributed by atoms with Crippen LogP contribution < -0.4 is 5.11 Å². The summed E-state index contributed by atoms with van der Waals surface area (Å²) in [6.45, 7) is 1.17. The summed E-state index contributed by atoms with van der Waals surface area (Å²) in [5, 5.41) is 21.6. The fraction of sp³-hybridized carbons (Fsp3) is 0.400.